The number of phenolic OH excluding ortho intramolecular Hbond substituents is 1. The van der Waals surface area contributed by atoms with Crippen molar-refractivity contribution in [3.63, 3.8) is 0 Å². The Morgan fingerprint density at radius 3 is 2.13 bits per heavy atom. The first-order chi connectivity index (χ1) is 14.6. The van der Waals surface area contributed by atoms with E-state index in [0.717, 1.165) is 38.3 Å². The van der Waals surface area contributed by atoms with Crippen molar-refractivity contribution in [2.24, 2.45) is 0 Å². The van der Waals surface area contributed by atoms with Crippen LogP contribution in [0.4, 0.5) is 5.69 Å². The van der Waals surface area contributed by atoms with Gasteiger partial charge in [0.1, 0.15) is 5.75 Å². The summed E-state index contributed by atoms with van der Waals surface area (Å²) in [6, 6.07) is 11.9. The van der Waals surface area contributed by atoms with Gasteiger partial charge in [0.25, 0.3) is 0 Å². The van der Waals surface area contributed by atoms with Crippen molar-refractivity contribution >= 4 is 11.6 Å². The molecule has 0 radical (unpaired) electrons. The van der Waals surface area contributed by atoms with Crippen LogP contribution in [0.1, 0.15) is 43.0 Å². The van der Waals surface area contributed by atoms with Gasteiger partial charge < -0.3 is 15.3 Å². The molecule has 3 rings (SSSR count). The summed E-state index contributed by atoms with van der Waals surface area (Å²) in [7, 11) is 0. The number of aryl methyl sites for hydroxylation is 2. The minimum atomic E-state index is 0.0969. The van der Waals surface area contributed by atoms with Gasteiger partial charge in [0.05, 0.1) is 6.54 Å². The number of hydrogen-bond acceptors (Lipinski definition) is 4. The lowest BCUT2D eigenvalue weighted by molar-refractivity contribution is -0.122. The Kier molecular flexibility index (Phi) is 7.26. The monoisotopic (exact) mass is 423 g/mol. The third-order valence-electron chi connectivity index (χ3n) is 6.21. The number of hydrogen-bond donors (Lipinski definition) is 2. The summed E-state index contributed by atoms with van der Waals surface area (Å²) in [5, 5.41) is 12.5. The van der Waals surface area contributed by atoms with E-state index >= 15 is 0 Å². The molecule has 0 atom stereocenters. The second-order valence-corrected chi connectivity index (χ2v) is 9.72. The zero-order chi connectivity index (χ0) is 22.6. The van der Waals surface area contributed by atoms with Gasteiger partial charge in [-0.15, -0.1) is 0 Å². The number of carbonyl (C=O) groups is 1. The van der Waals surface area contributed by atoms with Gasteiger partial charge in [-0.2, -0.15) is 0 Å². The molecule has 1 amide bonds. The van der Waals surface area contributed by atoms with E-state index in [2.05, 4.69) is 61.9 Å². The van der Waals surface area contributed by atoms with Gasteiger partial charge >= 0.3 is 0 Å². The van der Waals surface area contributed by atoms with E-state index in [1.54, 1.807) is 12.1 Å². The number of anilines is 1. The maximum absolute atomic E-state index is 12.5. The van der Waals surface area contributed by atoms with Crippen LogP contribution >= 0.6 is 0 Å². The van der Waals surface area contributed by atoms with Crippen LogP contribution in [0.25, 0.3) is 0 Å². The first kappa shape index (κ1) is 23.1. The normalized spacial score (nSPS) is 15.2. The Morgan fingerprint density at radius 1 is 1.00 bits per heavy atom. The molecule has 0 saturated carbocycles. The van der Waals surface area contributed by atoms with Crippen LogP contribution in [0.5, 0.6) is 5.75 Å². The molecule has 1 aliphatic heterocycles. The van der Waals surface area contributed by atoms with Crippen molar-refractivity contribution in [1.82, 2.24) is 10.2 Å². The summed E-state index contributed by atoms with van der Waals surface area (Å²) in [5.74, 6) is 0.384. The third-order valence-corrected chi connectivity index (χ3v) is 6.21. The fraction of sp³-hybridized carbons (Fsp3) is 0.500. The summed E-state index contributed by atoms with van der Waals surface area (Å²) in [6.07, 6.45) is 0.864. The van der Waals surface area contributed by atoms with E-state index in [1.165, 1.54) is 22.3 Å². The van der Waals surface area contributed by atoms with Crippen molar-refractivity contribution < 1.29 is 9.90 Å². The molecule has 5 nitrogen and oxygen atoms in total. The number of aromatic hydroxyl groups is 1. The van der Waals surface area contributed by atoms with E-state index < -0.39 is 0 Å². The first-order valence-corrected chi connectivity index (χ1v) is 11.3. The second kappa shape index (κ2) is 9.73. The molecule has 0 spiro atoms. The summed E-state index contributed by atoms with van der Waals surface area (Å²) in [5.41, 5.74) is 6.59. The van der Waals surface area contributed by atoms with Crippen molar-refractivity contribution in [3.05, 3.63) is 58.7 Å². The predicted octanol–water partition coefficient (Wildman–Crippen LogP) is 3.79. The highest BCUT2D eigenvalue weighted by Crippen LogP contribution is 2.27. The lowest BCUT2D eigenvalue weighted by atomic mass is 9.83. The molecule has 168 valence electrons. The van der Waals surface area contributed by atoms with Gasteiger partial charge in [-0.1, -0.05) is 32.9 Å². The Bertz CT molecular complexity index is 869. The Balaban J connectivity index is 1.44. The molecular formula is C26H37N3O2. The number of phenols is 1. The molecule has 0 bridgehead atoms. The summed E-state index contributed by atoms with van der Waals surface area (Å²) in [6.45, 7) is 15.7. The van der Waals surface area contributed by atoms with Gasteiger partial charge in [0.2, 0.25) is 5.91 Å². The predicted molar refractivity (Wildman–Crippen MR) is 128 cm³/mol. The topological polar surface area (TPSA) is 55.8 Å². The molecule has 1 heterocycles. The summed E-state index contributed by atoms with van der Waals surface area (Å²) < 4.78 is 0. The van der Waals surface area contributed by atoms with Crippen LogP contribution in [-0.2, 0) is 16.6 Å². The molecule has 1 fully saturated rings. The molecule has 1 saturated heterocycles. The molecule has 0 aromatic heterocycles. The molecule has 1 aliphatic rings. The number of carbonyl (C=O) groups excluding carboxylic acids is 1. The van der Waals surface area contributed by atoms with E-state index in [9.17, 15) is 9.90 Å². The molecule has 2 N–H and O–H groups in total. The fourth-order valence-corrected chi connectivity index (χ4v) is 4.23. The van der Waals surface area contributed by atoms with E-state index in [1.807, 2.05) is 12.1 Å². The van der Waals surface area contributed by atoms with Crippen LogP contribution in [0.2, 0.25) is 0 Å². The van der Waals surface area contributed by atoms with Gasteiger partial charge in [0.15, 0.2) is 0 Å². The maximum atomic E-state index is 12.5. The minimum Gasteiger partial charge on any atom is -0.508 e. The summed E-state index contributed by atoms with van der Waals surface area (Å²) in [4.78, 5) is 17.0. The SMILES string of the molecule is Cc1cc(C(C)(C)C)cc(C)c1CCNC(=O)CN1CCN(c2ccc(O)cc2)CC1. The molecule has 2 aromatic carbocycles. The first-order valence-electron chi connectivity index (χ1n) is 11.3. The standard InChI is InChI=1S/C26H37N3O2/c1-19-16-21(26(3,4)5)17-20(2)24(19)10-11-27-25(31)18-28-12-14-29(15-13-28)22-6-8-23(30)9-7-22/h6-9,16-17,30H,10-15,18H2,1-5H3,(H,27,31). The van der Waals surface area contributed by atoms with Gasteiger partial charge in [-0.05, 0) is 72.2 Å². The lowest BCUT2D eigenvalue weighted by Crippen LogP contribution is -2.49. The number of nitrogens with zero attached hydrogens (tertiary/aromatic N) is 2. The highest BCUT2D eigenvalue weighted by atomic mass is 16.3. The second-order valence-electron chi connectivity index (χ2n) is 9.72. The zero-order valence-electron chi connectivity index (χ0n) is 19.7. The lowest BCUT2D eigenvalue weighted by Gasteiger charge is -2.35. The Morgan fingerprint density at radius 2 is 1.58 bits per heavy atom. The molecule has 31 heavy (non-hydrogen) atoms. The Hall–Kier alpha value is -2.53. The van der Waals surface area contributed by atoms with Gasteiger partial charge in [0, 0.05) is 38.4 Å². The largest absolute Gasteiger partial charge is 0.508 e. The average molecular weight is 424 g/mol. The van der Waals surface area contributed by atoms with Crippen LogP contribution < -0.4 is 10.2 Å². The van der Waals surface area contributed by atoms with Crippen molar-refractivity contribution in [1.29, 1.82) is 0 Å². The molecule has 0 unspecified atom stereocenters. The maximum Gasteiger partial charge on any atom is 0.234 e. The molecule has 2 aromatic rings. The number of benzene rings is 2. The van der Waals surface area contributed by atoms with Crippen molar-refractivity contribution in [2.75, 3.05) is 44.2 Å². The number of nitrogens with one attached hydrogen (secondary N) is 1. The highest BCUT2D eigenvalue weighted by molar-refractivity contribution is 5.78. The van der Waals surface area contributed by atoms with Crippen molar-refractivity contribution in [2.45, 2.75) is 46.5 Å². The quantitative estimate of drug-likeness (QED) is 0.742. The third kappa shape index (κ3) is 6.23. The van der Waals surface area contributed by atoms with Crippen molar-refractivity contribution in [3.8, 4) is 5.75 Å². The molecular weight excluding hydrogens is 386 g/mol. The highest BCUT2D eigenvalue weighted by Gasteiger charge is 2.20. The van der Waals surface area contributed by atoms with E-state index in [0.29, 0.717) is 13.1 Å². The fourth-order valence-electron chi connectivity index (χ4n) is 4.23. The number of piperazine rings is 1. The molecule has 5 heteroatoms. The smallest absolute Gasteiger partial charge is 0.234 e. The van der Waals surface area contributed by atoms with E-state index in [4.69, 9.17) is 0 Å². The average Bonchev–Trinajstić information content (AvgIpc) is 2.70. The van der Waals surface area contributed by atoms with E-state index in [-0.39, 0.29) is 17.1 Å². The van der Waals surface area contributed by atoms with Gasteiger partial charge in [-0.3, -0.25) is 9.69 Å². The number of amides is 1. The minimum absolute atomic E-state index is 0.0969. The van der Waals surface area contributed by atoms with Crippen LogP contribution in [0, 0.1) is 13.8 Å². The Labute approximate surface area is 187 Å². The van der Waals surface area contributed by atoms with Crippen LogP contribution in [-0.4, -0.2) is 55.2 Å². The number of rotatable bonds is 6. The summed E-state index contributed by atoms with van der Waals surface area (Å²) >= 11 is 0. The molecule has 0 aliphatic carbocycles. The van der Waals surface area contributed by atoms with Crippen LogP contribution in [0.15, 0.2) is 36.4 Å². The van der Waals surface area contributed by atoms with Crippen LogP contribution in [0.3, 0.4) is 0 Å². The zero-order valence-corrected chi connectivity index (χ0v) is 19.7. The van der Waals surface area contributed by atoms with Gasteiger partial charge in [-0.25, -0.2) is 0 Å².